The fraction of sp³-hybridized carbons (Fsp3) is 0.500. The molecule has 6 heteroatoms. The lowest BCUT2D eigenvalue weighted by Crippen LogP contribution is -2.22. The summed E-state index contributed by atoms with van der Waals surface area (Å²) in [6.45, 7) is 4.77. The van der Waals surface area contributed by atoms with Gasteiger partial charge in [0.2, 0.25) is 0 Å². The largest absolute Gasteiger partial charge is 0.381 e. The molecule has 0 bridgehead atoms. The van der Waals surface area contributed by atoms with Crippen molar-refractivity contribution in [3.8, 4) is 0 Å². The Morgan fingerprint density at radius 3 is 2.64 bits per heavy atom. The molecule has 1 aromatic heterocycles. The molecule has 78 valence electrons. The second-order valence-electron chi connectivity index (χ2n) is 3.01. The molecular weight excluding hydrogens is 182 g/mol. The summed E-state index contributed by atoms with van der Waals surface area (Å²) in [5.41, 5.74) is 12.8. The van der Waals surface area contributed by atoms with Crippen LogP contribution >= 0.6 is 0 Å². The summed E-state index contributed by atoms with van der Waals surface area (Å²) in [7, 11) is 0. The molecule has 0 unspecified atom stereocenters. The van der Waals surface area contributed by atoms with Crippen LogP contribution in [0.5, 0.6) is 0 Å². The molecule has 5 N–H and O–H groups in total. The maximum atomic E-state index is 10.9. The van der Waals surface area contributed by atoms with Crippen molar-refractivity contribution in [3.05, 3.63) is 11.4 Å². The zero-order valence-electron chi connectivity index (χ0n) is 8.37. The van der Waals surface area contributed by atoms with Gasteiger partial charge in [0.05, 0.1) is 17.1 Å². The Morgan fingerprint density at radius 1 is 1.57 bits per heavy atom. The highest BCUT2D eigenvalue weighted by atomic mass is 16.2. The maximum absolute atomic E-state index is 10.9. The van der Waals surface area contributed by atoms with Gasteiger partial charge in [-0.15, -0.1) is 0 Å². The SMILES string of the molecule is Cc1nn(C(N)=O)c(C)c1NCCN. The predicted octanol–water partition coefficient (Wildman–Crippen LogP) is -0.203. The number of aromatic nitrogens is 2. The van der Waals surface area contributed by atoms with Crippen molar-refractivity contribution in [1.29, 1.82) is 0 Å². The Kier molecular flexibility index (Phi) is 3.08. The van der Waals surface area contributed by atoms with Gasteiger partial charge in [-0.05, 0) is 13.8 Å². The highest BCUT2D eigenvalue weighted by Crippen LogP contribution is 2.18. The van der Waals surface area contributed by atoms with Crippen molar-refractivity contribution >= 4 is 11.7 Å². The summed E-state index contributed by atoms with van der Waals surface area (Å²) in [5, 5.41) is 7.09. The van der Waals surface area contributed by atoms with Crippen molar-refractivity contribution in [2.24, 2.45) is 11.5 Å². The first-order valence-corrected chi connectivity index (χ1v) is 4.38. The quantitative estimate of drug-likeness (QED) is 0.624. The number of aryl methyl sites for hydroxylation is 1. The van der Waals surface area contributed by atoms with Crippen LogP contribution in [-0.4, -0.2) is 28.9 Å². The van der Waals surface area contributed by atoms with Crippen molar-refractivity contribution in [3.63, 3.8) is 0 Å². The van der Waals surface area contributed by atoms with Gasteiger partial charge >= 0.3 is 6.03 Å². The lowest BCUT2D eigenvalue weighted by molar-refractivity contribution is 0.247. The number of nitrogens with two attached hydrogens (primary N) is 2. The molecule has 1 aromatic rings. The van der Waals surface area contributed by atoms with Crippen molar-refractivity contribution < 1.29 is 4.79 Å². The molecule has 0 aliphatic heterocycles. The van der Waals surface area contributed by atoms with Crippen LogP contribution in [-0.2, 0) is 0 Å². The first kappa shape index (κ1) is 10.5. The minimum atomic E-state index is -0.577. The summed E-state index contributed by atoms with van der Waals surface area (Å²) in [4.78, 5) is 10.9. The molecule has 0 spiro atoms. The third-order valence-electron chi connectivity index (χ3n) is 1.95. The molecule has 0 fully saturated rings. The Labute approximate surface area is 82.3 Å². The average Bonchev–Trinajstić information content (AvgIpc) is 2.40. The number of carbonyl (C=O) groups is 1. The summed E-state index contributed by atoms with van der Waals surface area (Å²) in [5.74, 6) is 0. The minimum Gasteiger partial charge on any atom is -0.381 e. The molecule has 0 saturated carbocycles. The van der Waals surface area contributed by atoms with Gasteiger partial charge in [0.25, 0.3) is 0 Å². The second-order valence-corrected chi connectivity index (χ2v) is 3.01. The number of anilines is 1. The maximum Gasteiger partial charge on any atom is 0.339 e. The average molecular weight is 197 g/mol. The fourth-order valence-electron chi connectivity index (χ4n) is 1.31. The van der Waals surface area contributed by atoms with Gasteiger partial charge in [0.15, 0.2) is 0 Å². The van der Waals surface area contributed by atoms with E-state index >= 15 is 0 Å². The third-order valence-corrected chi connectivity index (χ3v) is 1.95. The Morgan fingerprint density at radius 2 is 2.21 bits per heavy atom. The topological polar surface area (TPSA) is 99.0 Å². The Hall–Kier alpha value is -1.56. The zero-order chi connectivity index (χ0) is 10.7. The Bertz CT molecular complexity index is 344. The molecule has 0 saturated heterocycles. The summed E-state index contributed by atoms with van der Waals surface area (Å²) in [6, 6.07) is -0.577. The molecule has 1 amide bonds. The van der Waals surface area contributed by atoms with Gasteiger partial charge in [-0.25, -0.2) is 4.79 Å². The molecule has 0 aliphatic rings. The molecule has 0 radical (unpaired) electrons. The zero-order valence-corrected chi connectivity index (χ0v) is 8.37. The van der Waals surface area contributed by atoms with Gasteiger partial charge in [0.1, 0.15) is 0 Å². The van der Waals surface area contributed by atoms with Crippen molar-refractivity contribution in [1.82, 2.24) is 9.78 Å². The van der Waals surface area contributed by atoms with Crippen LogP contribution in [0.2, 0.25) is 0 Å². The van der Waals surface area contributed by atoms with Crippen molar-refractivity contribution in [2.45, 2.75) is 13.8 Å². The van der Waals surface area contributed by atoms with Crippen LogP contribution < -0.4 is 16.8 Å². The molecule has 1 heterocycles. The number of rotatable bonds is 3. The van der Waals surface area contributed by atoms with Gasteiger partial charge in [0, 0.05) is 13.1 Å². The van der Waals surface area contributed by atoms with E-state index in [1.54, 1.807) is 6.92 Å². The van der Waals surface area contributed by atoms with E-state index < -0.39 is 6.03 Å². The van der Waals surface area contributed by atoms with E-state index in [9.17, 15) is 4.79 Å². The molecular formula is C8H15N5O. The lowest BCUT2D eigenvalue weighted by atomic mass is 10.3. The summed E-state index contributed by atoms with van der Waals surface area (Å²) >= 11 is 0. The minimum absolute atomic E-state index is 0.528. The molecule has 0 atom stereocenters. The number of nitrogens with one attached hydrogen (secondary N) is 1. The predicted molar refractivity (Wildman–Crippen MR) is 54.2 cm³/mol. The van der Waals surface area contributed by atoms with Crippen LogP contribution in [0.25, 0.3) is 0 Å². The van der Waals surface area contributed by atoms with E-state index in [4.69, 9.17) is 11.5 Å². The molecule has 6 nitrogen and oxygen atoms in total. The van der Waals surface area contributed by atoms with E-state index in [1.165, 1.54) is 4.68 Å². The van der Waals surface area contributed by atoms with Crippen LogP contribution in [0.15, 0.2) is 0 Å². The number of carbonyl (C=O) groups excluding carboxylic acids is 1. The van der Waals surface area contributed by atoms with Crippen LogP contribution in [0.3, 0.4) is 0 Å². The van der Waals surface area contributed by atoms with Gasteiger partial charge < -0.3 is 16.8 Å². The first-order chi connectivity index (χ1) is 6.57. The second kappa shape index (κ2) is 4.10. The monoisotopic (exact) mass is 197 g/mol. The number of hydrogen-bond acceptors (Lipinski definition) is 4. The first-order valence-electron chi connectivity index (χ1n) is 4.38. The van der Waals surface area contributed by atoms with Crippen molar-refractivity contribution in [2.75, 3.05) is 18.4 Å². The van der Waals surface area contributed by atoms with E-state index in [0.29, 0.717) is 18.8 Å². The number of hydrogen-bond donors (Lipinski definition) is 3. The number of amides is 1. The highest BCUT2D eigenvalue weighted by Gasteiger charge is 2.13. The van der Waals surface area contributed by atoms with E-state index in [1.807, 2.05) is 6.92 Å². The van der Waals surface area contributed by atoms with E-state index in [0.717, 1.165) is 11.4 Å². The molecule has 14 heavy (non-hydrogen) atoms. The smallest absolute Gasteiger partial charge is 0.339 e. The lowest BCUT2D eigenvalue weighted by Gasteiger charge is -2.04. The van der Waals surface area contributed by atoms with Crippen LogP contribution in [0.4, 0.5) is 10.5 Å². The molecule has 0 aromatic carbocycles. The van der Waals surface area contributed by atoms with Gasteiger partial charge in [-0.1, -0.05) is 0 Å². The van der Waals surface area contributed by atoms with Crippen LogP contribution in [0.1, 0.15) is 11.4 Å². The van der Waals surface area contributed by atoms with Gasteiger partial charge in [-0.2, -0.15) is 9.78 Å². The summed E-state index contributed by atoms with van der Waals surface area (Å²) in [6.07, 6.45) is 0. The van der Waals surface area contributed by atoms with E-state index in [2.05, 4.69) is 10.4 Å². The van der Waals surface area contributed by atoms with E-state index in [-0.39, 0.29) is 0 Å². The number of nitrogens with zero attached hydrogens (tertiary/aromatic N) is 2. The normalized spacial score (nSPS) is 10.2. The third kappa shape index (κ3) is 1.85. The van der Waals surface area contributed by atoms with Crippen LogP contribution in [0, 0.1) is 13.8 Å². The molecule has 0 aliphatic carbocycles. The number of primary amides is 1. The standard InChI is InChI=1S/C8H15N5O/c1-5-7(11-4-3-9)6(2)13(12-5)8(10)14/h11H,3-4,9H2,1-2H3,(H2,10,14). The summed E-state index contributed by atoms with van der Waals surface area (Å²) < 4.78 is 1.17. The molecule has 1 rings (SSSR count). The fourth-order valence-corrected chi connectivity index (χ4v) is 1.31. The Balaban J connectivity index is 2.99. The highest BCUT2D eigenvalue weighted by molar-refractivity contribution is 5.76. The van der Waals surface area contributed by atoms with Gasteiger partial charge in [-0.3, -0.25) is 0 Å².